The summed E-state index contributed by atoms with van der Waals surface area (Å²) >= 11 is 1.16. The van der Waals surface area contributed by atoms with Gasteiger partial charge in [0.05, 0.1) is 19.5 Å². The molecule has 0 saturated carbocycles. The predicted octanol–water partition coefficient (Wildman–Crippen LogP) is 4.93. The van der Waals surface area contributed by atoms with Crippen molar-refractivity contribution in [3.8, 4) is 0 Å². The molecular weight excluding hydrogens is 963 g/mol. The molecule has 2 aromatic rings. The number of nitrogen functional groups attached to an aromatic ring is 1. The van der Waals surface area contributed by atoms with E-state index in [2.05, 4.69) is 41.3 Å². The van der Waals surface area contributed by atoms with E-state index in [0.717, 1.165) is 48.2 Å². The van der Waals surface area contributed by atoms with Crippen molar-refractivity contribution in [1.82, 2.24) is 30.2 Å². The van der Waals surface area contributed by atoms with Crippen LogP contribution in [0.15, 0.2) is 12.7 Å². The first-order chi connectivity index (χ1) is 31.6. The first kappa shape index (κ1) is 58.9. The number of phosphoric acid groups is 3. The van der Waals surface area contributed by atoms with Gasteiger partial charge in [0.25, 0.3) is 0 Å². The average molecular weight is 1030 g/mol. The van der Waals surface area contributed by atoms with Crippen LogP contribution >= 0.6 is 35.2 Å². The maximum atomic E-state index is 12.7. The minimum atomic E-state index is -5.57. The van der Waals surface area contributed by atoms with Gasteiger partial charge in [0.15, 0.2) is 22.8 Å². The van der Waals surface area contributed by atoms with E-state index in [-0.39, 0.29) is 41.6 Å². The summed E-state index contributed by atoms with van der Waals surface area (Å²) in [6.07, 6.45) is 12.3. The minimum Gasteiger partial charge on any atom is -0.386 e. The molecule has 384 valence electrons. The maximum absolute atomic E-state index is 12.7. The highest BCUT2D eigenvalue weighted by Gasteiger charge is 2.50. The summed E-state index contributed by atoms with van der Waals surface area (Å²) in [5.74, 6) is -1.02. The third kappa shape index (κ3) is 22.0. The Morgan fingerprint density at radius 2 is 1.43 bits per heavy atom. The van der Waals surface area contributed by atoms with Crippen LogP contribution in [0.5, 0.6) is 0 Å². The number of ether oxygens (including phenoxy) is 1. The Bertz CT molecular complexity index is 2000. The molecule has 1 aliphatic rings. The number of thioether (sulfide) groups is 1. The van der Waals surface area contributed by atoms with Crippen LogP contribution in [0.25, 0.3) is 11.2 Å². The van der Waals surface area contributed by atoms with Crippen LogP contribution < -0.4 is 16.4 Å². The highest BCUT2D eigenvalue weighted by atomic mass is 32.2. The molecule has 2 aromatic heterocycles. The molecule has 0 spiro atoms. The lowest BCUT2D eigenvalue weighted by Crippen LogP contribution is -2.46. The third-order valence-corrected chi connectivity index (χ3v) is 14.8. The number of unbranched alkanes of at least 4 members (excludes halogenated alkanes) is 14. The van der Waals surface area contributed by atoms with Gasteiger partial charge in [-0.25, -0.2) is 28.6 Å². The second kappa shape index (κ2) is 29.0. The zero-order valence-electron chi connectivity index (χ0n) is 38.4. The van der Waals surface area contributed by atoms with Crippen LogP contribution in [-0.4, -0.2) is 123 Å². The van der Waals surface area contributed by atoms with E-state index in [1.807, 2.05) is 0 Å². The minimum absolute atomic E-state index is 0.0340. The molecule has 24 nitrogen and oxygen atoms in total. The normalized spacial score (nSPS) is 20.1. The summed E-state index contributed by atoms with van der Waals surface area (Å²) in [7, 11) is -16.4. The largest absolute Gasteiger partial charge is 0.481 e. The number of amides is 2. The molecule has 0 aliphatic carbocycles. The van der Waals surface area contributed by atoms with Crippen LogP contribution in [-0.2, 0) is 50.7 Å². The first-order valence-corrected chi connectivity index (χ1v) is 28.1. The number of fused-ring (bicyclic) bond motifs is 1. The topological polar surface area (TPSA) is 364 Å². The third-order valence-electron chi connectivity index (χ3n) is 10.7. The van der Waals surface area contributed by atoms with Crippen LogP contribution in [0.4, 0.5) is 5.82 Å². The van der Waals surface area contributed by atoms with Crippen molar-refractivity contribution in [2.45, 2.75) is 161 Å². The van der Waals surface area contributed by atoms with Crippen LogP contribution in [0.3, 0.4) is 0 Å². The quantitative estimate of drug-likeness (QED) is 0.0326. The summed E-state index contributed by atoms with van der Waals surface area (Å²) in [4.78, 5) is 88.4. The molecule has 2 amide bonds. The van der Waals surface area contributed by atoms with Gasteiger partial charge in [-0.15, -0.1) is 0 Å². The monoisotopic (exact) mass is 1030 g/mol. The Hall–Kier alpha value is -2.44. The van der Waals surface area contributed by atoms with Crippen molar-refractivity contribution < 1.29 is 80.5 Å². The Morgan fingerprint density at radius 3 is 2.03 bits per heavy atom. The predicted molar refractivity (Wildman–Crippen MR) is 247 cm³/mol. The van der Waals surface area contributed by atoms with E-state index in [9.17, 15) is 57.9 Å². The molecule has 1 saturated heterocycles. The number of phosphoric ester groups is 3. The van der Waals surface area contributed by atoms with Gasteiger partial charge < -0.3 is 50.9 Å². The Balaban J connectivity index is 1.30. The fraction of sp³-hybridized carbons (Fsp3) is 0.795. The molecule has 0 bridgehead atoms. The number of carbonyl (C=O) groups excluding carboxylic acids is 3. The summed E-state index contributed by atoms with van der Waals surface area (Å²) in [5.41, 5.74) is 4.29. The molecule has 1 aliphatic heterocycles. The van der Waals surface area contributed by atoms with E-state index in [0.29, 0.717) is 12.2 Å². The van der Waals surface area contributed by atoms with E-state index in [1.165, 1.54) is 90.9 Å². The molecule has 0 aromatic carbocycles. The van der Waals surface area contributed by atoms with Crippen LogP contribution in [0.2, 0.25) is 0 Å². The second-order valence-electron chi connectivity index (χ2n) is 17.0. The Kier molecular flexibility index (Phi) is 25.5. The van der Waals surface area contributed by atoms with E-state index in [1.54, 1.807) is 0 Å². The van der Waals surface area contributed by atoms with Gasteiger partial charge in [0.1, 0.15) is 36.3 Å². The lowest BCUT2D eigenvalue weighted by atomic mass is 9.87. The Labute approximate surface area is 395 Å². The number of aliphatic hydroxyl groups is 2. The summed E-state index contributed by atoms with van der Waals surface area (Å²) < 4.78 is 62.4. The van der Waals surface area contributed by atoms with Crippen LogP contribution in [0.1, 0.15) is 136 Å². The van der Waals surface area contributed by atoms with Crippen molar-refractivity contribution in [3.63, 3.8) is 0 Å². The number of aliphatic hydroxyl groups excluding tert-OH is 2. The highest BCUT2D eigenvalue weighted by Crippen LogP contribution is 2.61. The SMILES string of the molecule is CCCCCCCCCCCCCCCCCC(=O)SCCNC(=O)CCNC(=O)[C@@H](O)C(C)(C)COP(=O)(O)OP(=O)(O)OC[C@H]1O[C@@H](n2cnc3c(N)ncnc32)[C@H](O)[C@@H]1OP(=O)(O)O. The number of nitrogens with zero attached hydrogens (tertiary/aromatic N) is 4. The Morgan fingerprint density at radius 1 is 0.851 bits per heavy atom. The van der Waals surface area contributed by atoms with Gasteiger partial charge in [0.2, 0.25) is 11.8 Å². The zero-order valence-corrected chi connectivity index (χ0v) is 41.9. The van der Waals surface area contributed by atoms with Crippen molar-refractivity contribution in [1.29, 1.82) is 0 Å². The van der Waals surface area contributed by atoms with Gasteiger partial charge >= 0.3 is 23.5 Å². The smallest absolute Gasteiger partial charge is 0.386 e. The fourth-order valence-corrected chi connectivity index (χ4v) is 10.6. The molecule has 1 fully saturated rings. The molecule has 7 atom stereocenters. The number of hydrogen-bond donors (Lipinski definition) is 9. The van der Waals surface area contributed by atoms with Gasteiger partial charge in [-0.1, -0.05) is 122 Å². The number of anilines is 1. The number of nitrogens with one attached hydrogen (secondary N) is 2. The number of nitrogens with two attached hydrogens (primary N) is 1. The fourth-order valence-electron chi connectivity index (χ4n) is 7.01. The molecule has 3 rings (SSSR count). The number of imidazole rings is 1. The van der Waals surface area contributed by atoms with E-state index in [4.69, 9.17) is 19.5 Å². The number of carbonyl (C=O) groups is 3. The highest BCUT2D eigenvalue weighted by molar-refractivity contribution is 8.13. The van der Waals surface area contributed by atoms with Crippen molar-refractivity contribution in [3.05, 3.63) is 12.7 Å². The van der Waals surface area contributed by atoms with Gasteiger partial charge in [-0.05, 0) is 6.42 Å². The molecule has 28 heteroatoms. The number of hydrogen-bond acceptors (Lipinski definition) is 18. The molecule has 0 radical (unpaired) electrons. The number of aromatic nitrogens is 4. The molecule has 67 heavy (non-hydrogen) atoms. The van der Waals surface area contributed by atoms with Crippen LogP contribution in [0, 0.1) is 5.41 Å². The number of rotatable bonds is 35. The lowest BCUT2D eigenvalue weighted by molar-refractivity contribution is -0.137. The molecule has 2 unspecified atom stereocenters. The van der Waals surface area contributed by atoms with Gasteiger partial charge in [-0.2, -0.15) is 4.31 Å². The van der Waals surface area contributed by atoms with Crippen molar-refractivity contribution >= 4 is 69.1 Å². The summed E-state index contributed by atoms with van der Waals surface area (Å²) in [6, 6.07) is 0. The summed E-state index contributed by atoms with van der Waals surface area (Å²) in [5, 5.41) is 26.7. The maximum Gasteiger partial charge on any atom is 0.481 e. The van der Waals surface area contributed by atoms with Gasteiger partial charge in [-0.3, -0.25) is 32.5 Å². The zero-order chi connectivity index (χ0) is 49.7. The van der Waals surface area contributed by atoms with Crippen molar-refractivity contribution in [2.24, 2.45) is 5.41 Å². The lowest BCUT2D eigenvalue weighted by Gasteiger charge is -2.30. The van der Waals surface area contributed by atoms with Gasteiger partial charge in [0, 0.05) is 37.1 Å². The van der Waals surface area contributed by atoms with E-state index < -0.39 is 84.6 Å². The average Bonchev–Trinajstić information content (AvgIpc) is 3.81. The standard InChI is InChI=1S/C39H70N7O17P3S/c1-4-5-6-7-8-9-10-11-12-13-14-15-16-17-18-19-30(48)67-23-22-41-29(47)20-21-42-37(51)34(50)39(2,3)25-60-66(57,58)63-65(55,56)59-24-28-33(62-64(52,53)54)32(49)38(61-28)46-27-45-31-35(40)43-26-44-36(31)46/h26-28,32-34,38,49-50H,4-25H2,1-3H3,(H,41,47)(H,42,51)(H,55,56)(H,57,58)(H2,40,43,44)(H2,52,53,54)/t28-,32-,33-,34-,38-/m1/s1. The van der Waals surface area contributed by atoms with Crippen molar-refractivity contribution in [2.75, 3.05) is 37.8 Å². The molecule has 3 heterocycles. The van der Waals surface area contributed by atoms with E-state index >= 15 is 0 Å². The molecule has 10 N–H and O–H groups in total. The molecular formula is C39H70N7O17P3S. The first-order valence-electron chi connectivity index (χ1n) is 22.6. The summed E-state index contributed by atoms with van der Waals surface area (Å²) in [6.45, 7) is 2.82. The second-order valence-corrected chi connectivity index (χ2v) is 22.4.